The van der Waals surface area contributed by atoms with Crippen LogP contribution >= 0.6 is 0 Å². The highest BCUT2D eigenvalue weighted by Gasteiger charge is 2.44. The van der Waals surface area contributed by atoms with Crippen LogP contribution in [0.15, 0.2) is 0 Å². The Hall–Kier alpha value is -0.650. The monoisotopic (exact) mass is 203 g/mol. The summed E-state index contributed by atoms with van der Waals surface area (Å²) in [6.07, 6.45) is -0.513. The van der Waals surface area contributed by atoms with Crippen molar-refractivity contribution in [1.82, 2.24) is 5.32 Å². The Labute approximate surface area is 83.1 Å². The minimum absolute atomic E-state index is 0.0384. The quantitative estimate of drug-likeness (QED) is 0.495. The number of amides is 1. The van der Waals surface area contributed by atoms with Crippen molar-refractivity contribution in [3.05, 3.63) is 0 Å². The highest BCUT2D eigenvalue weighted by Crippen LogP contribution is 2.30. The van der Waals surface area contributed by atoms with Gasteiger partial charge in [0, 0.05) is 18.6 Å². The third-order valence-corrected chi connectivity index (χ3v) is 2.41. The minimum Gasteiger partial charge on any atom is -0.396 e. The number of carbonyl (C=O) groups is 1. The largest absolute Gasteiger partial charge is 0.396 e. The number of hydrogen-bond acceptors (Lipinski definition) is 4. The van der Waals surface area contributed by atoms with Crippen LogP contribution < -0.4 is 5.32 Å². The number of aliphatic hydroxyl groups is 2. The molecule has 1 fully saturated rings. The van der Waals surface area contributed by atoms with Crippen molar-refractivity contribution in [2.24, 2.45) is 5.41 Å². The van der Waals surface area contributed by atoms with E-state index in [1.54, 1.807) is 0 Å². The summed E-state index contributed by atoms with van der Waals surface area (Å²) < 4.78 is 4.95. The van der Waals surface area contributed by atoms with Gasteiger partial charge in [-0.15, -0.1) is 0 Å². The van der Waals surface area contributed by atoms with Crippen molar-refractivity contribution in [1.29, 1.82) is 0 Å². The van der Waals surface area contributed by atoms with E-state index in [2.05, 4.69) is 5.32 Å². The summed E-state index contributed by atoms with van der Waals surface area (Å²) in [5.74, 6) is -0.385. The van der Waals surface area contributed by atoms with Gasteiger partial charge in [-0.05, 0) is 6.42 Å². The summed E-state index contributed by atoms with van der Waals surface area (Å²) in [5.41, 5.74) is -0.441. The van der Waals surface area contributed by atoms with E-state index < -0.39 is 11.5 Å². The molecule has 0 aromatic rings. The van der Waals surface area contributed by atoms with Gasteiger partial charge in [-0.25, -0.2) is 0 Å². The lowest BCUT2D eigenvalue weighted by Gasteiger charge is -2.40. The number of hydrogen-bond donors (Lipinski definition) is 3. The molecule has 1 amide bonds. The third kappa shape index (κ3) is 2.43. The Morgan fingerprint density at radius 1 is 1.64 bits per heavy atom. The lowest BCUT2D eigenvalue weighted by Crippen LogP contribution is -2.55. The molecule has 3 N–H and O–H groups in total. The molecular weight excluding hydrogens is 186 g/mol. The topological polar surface area (TPSA) is 78.8 Å². The molecule has 0 radical (unpaired) electrons. The van der Waals surface area contributed by atoms with Gasteiger partial charge in [-0.2, -0.15) is 0 Å². The molecule has 1 heterocycles. The Morgan fingerprint density at radius 2 is 2.29 bits per heavy atom. The van der Waals surface area contributed by atoms with Gasteiger partial charge in [0.25, 0.3) is 0 Å². The maximum atomic E-state index is 11.4. The lowest BCUT2D eigenvalue weighted by molar-refractivity contribution is -0.174. The second-order valence-electron chi connectivity index (χ2n) is 3.92. The lowest BCUT2D eigenvalue weighted by atomic mass is 9.82. The maximum Gasteiger partial charge on any atom is 0.249 e. The first-order valence-corrected chi connectivity index (χ1v) is 4.74. The fourth-order valence-corrected chi connectivity index (χ4v) is 1.29. The zero-order chi connectivity index (χ0) is 10.6. The van der Waals surface area contributed by atoms with E-state index in [9.17, 15) is 9.90 Å². The van der Waals surface area contributed by atoms with E-state index in [1.165, 1.54) is 0 Å². The summed E-state index contributed by atoms with van der Waals surface area (Å²) >= 11 is 0. The second kappa shape index (κ2) is 4.72. The fourth-order valence-electron chi connectivity index (χ4n) is 1.29. The highest BCUT2D eigenvalue weighted by atomic mass is 16.5. The fraction of sp³-hybridized carbons (Fsp3) is 0.889. The van der Waals surface area contributed by atoms with E-state index in [0.29, 0.717) is 26.2 Å². The Balaban J connectivity index is 2.29. The zero-order valence-corrected chi connectivity index (χ0v) is 8.32. The molecule has 5 nitrogen and oxygen atoms in total. The van der Waals surface area contributed by atoms with Crippen molar-refractivity contribution in [2.75, 3.05) is 26.4 Å². The molecule has 0 aliphatic carbocycles. The molecule has 0 aromatic carbocycles. The summed E-state index contributed by atoms with van der Waals surface area (Å²) in [6.45, 7) is 3.08. The molecule has 0 bridgehead atoms. The smallest absolute Gasteiger partial charge is 0.249 e. The second-order valence-corrected chi connectivity index (χ2v) is 3.92. The molecule has 1 aliphatic heterocycles. The average molecular weight is 203 g/mol. The van der Waals surface area contributed by atoms with Crippen LogP contribution in [-0.2, 0) is 9.53 Å². The minimum atomic E-state index is -1.02. The molecule has 1 rings (SSSR count). The van der Waals surface area contributed by atoms with Gasteiger partial charge >= 0.3 is 0 Å². The standard InChI is InChI=1S/C9H17NO4/c1-9(5-14-6-9)7(12)8(13)10-3-2-4-11/h7,11-12H,2-6H2,1H3,(H,10,13). The van der Waals surface area contributed by atoms with Gasteiger partial charge in [0.2, 0.25) is 5.91 Å². The first-order valence-electron chi connectivity index (χ1n) is 4.74. The average Bonchev–Trinajstić information content (AvgIpc) is 2.13. The van der Waals surface area contributed by atoms with Gasteiger partial charge in [0.05, 0.1) is 13.2 Å². The van der Waals surface area contributed by atoms with Crippen LogP contribution in [0.3, 0.4) is 0 Å². The van der Waals surface area contributed by atoms with Crippen molar-refractivity contribution >= 4 is 5.91 Å². The summed E-state index contributed by atoms with van der Waals surface area (Å²) in [7, 11) is 0. The molecule has 1 aliphatic rings. The summed E-state index contributed by atoms with van der Waals surface area (Å²) in [6, 6.07) is 0. The van der Waals surface area contributed by atoms with Crippen LogP contribution in [0.5, 0.6) is 0 Å². The van der Waals surface area contributed by atoms with Gasteiger partial charge < -0.3 is 20.3 Å². The molecule has 0 spiro atoms. The van der Waals surface area contributed by atoms with Crippen molar-refractivity contribution in [2.45, 2.75) is 19.4 Å². The SMILES string of the molecule is CC1(C(O)C(=O)NCCCO)COC1. The van der Waals surface area contributed by atoms with Crippen LogP contribution in [0.4, 0.5) is 0 Å². The molecular formula is C9H17NO4. The molecule has 5 heteroatoms. The van der Waals surface area contributed by atoms with Gasteiger partial charge in [0.1, 0.15) is 6.10 Å². The molecule has 1 atom stereocenters. The van der Waals surface area contributed by atoms with Crippen molar-refractivity contribution in [3.63, 3.8) is 0 Å². The Bertz CT molecular complexity index is 203. The summed E-state index contributed by atoms with van der Waals surface area (Å²) in [4.78, 5) is 11.4. The number of ether oxygens (including phenoxy) is 1. The zero-order valence-electron chi connectivity index (χ0n) is 8.32. The van der Waals surface area contributed by atoms with E-state index in [0.717, 1.165) is 0 Å². The molecule has 0 aromatic heterocycles. The van der Waals surface area contributed by atoms with Crippen molar-refractivity contribution < 1.29 is 19.7 Å². The normalized spacial score (nSPS) is 21.1. The predicted octanol–water partition coefficient (Wildman–Crippen LogP) is -1.12. The first kappa shape index (κ1) is 11.4. The molecule has 1 unspecified atom stereocenters. The third-order valence-electron chi connectivity index (χ3n) is 2.41. The van der Waals surface area contributed by atoms with E-state index in [-0.39, 0.29) is 12.5 Å². The number of rotatable bonds is 5. The van der Waals surface area contributed by atoms with Crippen LogP contribution in [0, 0.1) is 5.41 Å². The number of carbonyl (C=O) groups excluding carboxylic acids is 1. The van der Waals surface area contributed by atoms with Crippen molar-refractivity contribution in [3.8, 4) is 0 Å². The van der Waals surface area contributed by atoms with Crippen LogP contribution in [0.1, 0.15) is 13.3 Å². The van der Waals surface area contributed by atoms with E-state index in [4.69, 9.17) is 9.84 Å². The molecule has 0 saturated carbocycles. The molecule has 14 heavy (non-hydrogen) atoms. The maximum absolute atomic E-state index is 11.4. The Morgan fingerprint density at radius 3 is 2.71 bits per heavy atom. The van der Waals surface area contributed by atoms with Gasteiger partial charge in [0.15, 0.2) is 0 Å². The van der Waals surface area contributed by atoms with E-state index >= 15 is 0 Å². The molecule has 1 saturated heterocycles. The Kier molecular flexibility index (Phi) is 3.86. The van der Waals surface area contributed by atoms with Gasteiger partial charge in [-0.1, -0.05) is 6.92 Å². The van der Waals surface area contributed by atoms with Gasteiger partial charge in [-0.3, -0.25) is 4.79 Å². The first-order chi connectivity index (χ1) is 6.60. The highest BCUT2D eigenvalue weighted by molar-refractivity contribution is 5.81. The van der Waals surface area contributed by atoms with Crippen LogP contribution in [-0.4, -0.2) is 48.6 Å². The number of aliphatic hydroxyl groups excluding tert-OH is 2. The predicted molar refractivity (Wildman–Crippen MR) is 49.6 cm³/mol. The van der Waals surface area contributed by atoms with Crippen LogP contribution in [0.2, 0.25) is 0 Å². The number of nitrogens with one attached hydrogen (secondary N) is 1. The van der Waals surface area contributed by atoms with Crippen LogP contribution in [0.25, 0.3) is 0 Å². The van der Waals surface area contributed by atoms with E-state index in [1.807, 2.05) is 6.92 Å². The summed E-state index contributed by atoms with van der Waals surface area (Å²) in [5, 5.41) is 20.7. The molecule has 82 valence electrons.